The zero-order chi connectivity index (χ0) is 26.6. The molecule has 0 amide bonds. The number of likely N-dealkylation sites (N-methyl/N-ethyl adjacent to an activating group) is 1. The molecule has 2 spiro atoms. The van der Waals surface area contributed by atoms with Gasteiger partial charge in [0.2, 0.25) is 17.5 Å². The van der Waals surface area contributed by atoms with Crippen molar-refractivity contribution in [2.45, 2.75) is 87.8 Å². The van der Waals surface area contributed by atoms with E-state index in [2.05, 4.69) is 34.2 Å². The van der Waals surface area contributed by atoms with Crippen LogP contribution in [0.1, 0.15) is 69.5 Å². The van der Waals surface area contributed by atoms with Crippen molar-refractivity contribution in [3.63, 3.8) is 0 Å². The molecule has 3 atom stereocenters. The maximum Gasteiger partial charge on any atom is 0.219 e. The van der Waals surface area contributed by atoms with Crippen LogP contribution in [0, 0.1) is 0 Å². The van der Waals surface area contributed by atoms with Crippen LogP contribution in [0.4, 0.5) is 5.82 Å². The molecule has 3 aliphatic heterocycles. The van der Waals surface area contributed by atoms with Crippen LogP contribution in [0.3, 0.4) is 0 Å². The van der Waals surface area contributed by atoms with E-state index in [1.165, 1.54) is 6.42 Å². The third-order valence-electron chi connectivity index (χ3n) is 9.84. The molecule has 0 radical (unpaired) electrons. The standard InChI is InChI=1S/C29H40N6O4/c1-19(21-8-6-13-34(21)2)38-24-15-23(35-14-12-30-28(16-35)17-37-18-28)31-27(32-24)25-20-7-5-11-29(26(20)33-39-25)10-4-3-9-22(29)36/h15,19,21,30H,3-14,16-18H2,1-2H3/t19-,21-,29+/m0/s1. The molecular weight excluding hydrogens is 496 g/mol. The molecule has 5 aliphatic rings. The number of ketones is 1. The lowest BCUT2D eigenvalue weighted by Crippen LogP contribution is -2.70. The zero-order valence-corrected chi connectivity index (χ0v) is 23.2. The number of Topliss-reactive ketones (excluding diaryl/α,β-unsaturated/α-hetero) is 1. The summed E-state index contributed by atoms with van der Waals surface area (Å²) in [6.07, 6.45) is 8.44. The summed E-state index contributed by atoms with van der Waals surface area (Å²) in [5, 5.41) is 8.18. The van der Waals surface area contributed by atoms with Gasteiger partial charge in [0.25, 0.3) is 0 Å². The largest absolute Gasteiger partial charge is 0.473 e. The van der Waals surface area contributed by atoms with Crippen molar-refractivity contribution < 1.29 is 18.8 Å². The Balaban J connectivity index is 1.26. The lowest BCUT2D eigenvalue weighted by molar-refractivity contribution is -0.127. The number of nitrogens with one attached hydrogen (secondary N) is 1. The highest BCUT2D eigenvalue weighted by molar-refractivity contribution is 5.91. The van der Waals surface area contributed by atoms with Crippen molar-refractivity contribution in [2.24, 2.45) is 0 Å². The predicted octanol–water partition coefficient (Wildman–Crippen LogP) is 2.89. The van der Waals surface area contributed by atoms with Gasteiger partial charge in [-0.2, -0.15) is 4.98 Å². The zero-order valence-electron chi connectivity index (χ0n) is 23.2. The Morgan fingerprint density at radius 1 is 1.13 bits per heavy atom. The third-order valence-corrected chi connectivity index (χ3v) is 9.84. The van der Waals surface area contributed by atoms with Crippen LogP contribution >= 0.6 is 0 Å². The van der Waals surface area contributed by atoms with E-state index < -0.39 is 5.41 Å². The highest BCUT2D eigenvalue weighted by atomic mass is 16.5. The summed E-state index contributed by atoms with van der Waals surface area (Å²) in [7, 11) is 2.17. The number of aromatic nitrogens is 3. The number of nitrogens with zero attached hydrogens (tertiary/aromatic N) is 5. The van der Waals surface area contributed by atoms with Gasteiger partial charge in [0.05, 0.1) is 24.2 Å². The molecular formula is C29H40N6O4. The summed E-state index contributed by atoms with van der Waals surface area (Å²) >= 11 is 0. The predicted molar refractivity (Wildman–Crippen MR) is 145 cm³/mol. The quantitative estimate of drug-likeness (QED) is 0.613. The normalized spacial score (nSPS) is 29.4. The number of carbonyl (C=O) groups is 1. The van der Waals surface area contributed by atoms with E-state index in [0.29, 0.717) is 48.9 Å². The van der Waals surface area contributed by atoms with Gasteiger partial charge in [-0.15, -0.1) is 0 Å². The molecule has 0 bridgehead atoms. The first-order valence-corrected chi connectivity index (χ1v) is 14.8. The Morgan fingerprint density at radius 3 is 2.77 bits per heavy atom. The number of hydrogen-bond donors (Lipinski definition) is 1. The van der Waals surface area contributed by atoms with Crippen LogP contribution in [-0.4, -0.2) is 89.9 Å². The van der Waals surface area contributed by atoms with Gasteiger partial charge in [-0.05, 0) is 65.5 Å². The van der Waals surface area contributed by atoms with Crippen LogP contribution in [-0.2, 0) is 21.4 Å². The van der Waals surface area contributed by atoms with E-state index in [9.17, 15) is 4.79 Å². The summed E-state index contributed by atoms with van der Waals surface area (Å²) in [6.45, 7) is 7.16. The van der Waals surface area contributed by atoms with E-state index in [-0.39, 0.29) is 11.6 Å². The number of likely N-dealkylation sites (tertiary alicyclic amines) is 1. The van der Waals surface area contributed by atoms with Crippen molar-refractivity contribution in [1.29, 1.82) is 0 Å². The third kappa shape index (κ3) is 4.35. The van der Waals surface area contributed by atoms with Crippen molar-refractivity contribution in [3.8, 4) is 17.5 Å². The van der Waals surface area contributed by atoms with E-state index in [4.69, 9.17) is 24.0 Å². The maximum atomic E-state index is 13.2. The van der Waals surface area contributed by atoms with Gasteiger partial charge in [0, 0.05) is 43.7 Å². The highest BCUT2D eigenvalue weighted by Crippen LogP contribution is 2.47. The number of carbonyl (C=O) groups excluding carboxylic acids is 1. The van der Waals surface area contributed by atoms with Crippen LogP contribution < -0.4 is 15.0 Å². The van der Waals surface area contributed by atoms with E-state index >= 15 is 0 Å². The minimum absolute atomic E-state index is 0.00531. The fraction of sp³-hybridized carbons (Fsp3) is 0.724. The average molecular weight is 537 g/mol. The summed E-state index contributed by atoms with van der Waals surface area (Å²) < 4.78 is 18.1. The molecule has 210 valence electrons. The van der Waals surface area contributed by atoms with Gasteiger partial charge in [-0.3, -0.25) is 9.69 Å². The molecule has 0 aromatic carbocycles. The van der Waals surface area contributed by atoms with Crippen molar-refractivity contribution in [1.82, 2.24) is 25.3 Å². The first-order valence-electron chi connectivity index (χ1n) is 14.8. The van der Waals surface area contributed by atoms with Gasteiger partial charge < -0.3 is 24.2 Å². The number of rotatable bonds is 5. The highest BCUT2D eigenvalue weighted by Gasteiger charge is 2.48. The topological polar surface area (TPSA) is 106 Å². The molecule has 5 heterocycles. The number of hydrogen-bond acceptors (Lipinski definition) is 10. The Morgan fingerprint density at radius 2 is 2.00 bits per heavy atom. The molecule has 39 heavy (non-hydrogen) atoms. The smallest absolute Gasteiger partial charge is 0.219 e. The summed E-state index contributed by atoms with van der Waals surface area (Å²) in [4.78, 5) is 27.8. The van der Waals surface area contributed by atoms with E-state index in [1.807, 2.05) is 6.07 Å². The summed E-state index contributed by atoms with van der Waals surface area (Å²) in [5.74, 6) is 2.80. The number of fused-ring (bicyclic) bond motifs is 2. The van der Waals surface area contributed by atoms with Gasteiger partial charge in [-0.1, -0.05) is 11.6 Å². The molecule has 3 saturated heterocycles. The first-order chi connectivity index (χ1) is 19.0. The average Bonchev–Trinajstić information content (AvgIpc) is 3.56. The van der Waals surface area contributed by atoms with Crippen LogP contribution in [0.25, 0.3) is 11.6 Å². The molecule has 7 rings (SSSR count). The Hall–Kier alpha value is -2.56. The second kappa shape index (κ2) is 9.82. The van der Waals surface area contributed by atoms with Crippen molar-refractivity contribution >= 4 is 11.6 Å². The number of ether oxygens (including phenoxy) is 2. The fourth-order valence-electron chi connectivity index (χ4n) is 7.61. The minimum Gasteiger partial charge on any atom is -0.473 e. The van der Waals surface area contributed by atoms with Crippen LogP contribution in [0.15, 0.2) is 10.6 Å². The minimum atomic E-state index is -0.499. The van der Waals surface area contributed by atoms with Crippen molar-refractivity contribution in [2.75, 3.05) is 51.3 Å². The molecule has 10 heteroatoms. The Bertz CT molecular complexity index is 1240. The molecule has 2 aliphatic carbocycles. The van der Waals surface area contributed by atoms with E-state index in [1.54, 1.807) is 0 Å². The van der Waals surface area contributed by atoms with Crippen LogP contribution in [0.5, 0.6) is 5.88 Å². The van der Waals surface area contributed by atoms with Crippen LogP contribution in [0.2, 0.25) is 0 Å². The van der Waals surface area contributed by atoms with Gasteiger partial charge in [-0.25, -0.2) is 4.98 Å². The fourth-order valence-corrected chi connectivity index (χ4v) is 7.61. The SMILES string of the molecule is C[C@H](Oc1cc(N2CCNC3(COC3)C2)nc(-c2onc3c2CCC[C@@]32CCCCC2=O)n1)[C@@H]1CCCN1C. The lowest BCUT2D eigenvalue weighted by Gasteiger charge is -2.49. The van der Waals surface area contributed by atoms with E-state index in [0.717, 1.165) is 88.2 Å². The molecule has 0 unspecified atom stereocenters. The number of anilines is 1. The van der Waals surface area contributed by atoms with Gasteiger partial charge in [0.1, 0.15) is 23.4 Å². The summed E-state index contributed by atoms with van der Waals surface area (Å²) in [5.41, 5.74) is 1.32. The molecule has 1 N–H and O–H groups in total. The molecule has 4 fully saturated rings. The Labute approximate surface area is 229 Å². The second-order valence-corrected chi connectivity index (χ2v) is 12.4. The summed E-state index contributed by atoms with van der Waals surface area (Å²) in [6, 6.07) is 2.33. The molecule has 1 saturated carbocycles. The monoisotopic (exact) mass is 536 g/mol. The molecule has 10 nitrogen and oxygen atoms in total. The Kier molecular flexibility index (Phi) is 6.40. The van der Waals surface area contributed by atoms with Gasteiger partial charge in [0.15, 0.2) is 0 Å². The first kappa shape index (κ1) is 25.4. The maximum absolute atomic E-state index is 13.2. The number of piperazine rings is 1. The van der Waals surface area contributed by atoms with Gasteiger partial charge >= 0.3 is 0 Å². The lowest BCUT2D eigenvalue weighted by atomic mass is 9.64. The molecule has 2 aromatic heterocycles. The molecule has 2 aromatic rings. The second-order valence-electron chi connectivity index (χ2n) is 12.4. The van der Waals surface area contributed by atoms with Crippen molar-refractivity contribution in [3.05, 3.63) is 17.3 Å².